The van der Waals surface area contributed by atoms with Crippen LogP contribution in [0.4, 0.5) is 0 Å². The molecule has 1 rings (SSSR count). The maximum atomic E-state index is 12.3. The first-order chi connectivity index (χ1) is 11.3. The first-order valence-electron chi connectivity index (χ1n) is 8.75. The van der Waals surface area contributed by atoms with Gasteiger partial charge < -0.3 is 20.1 Å². The number of hydrogen-bond donors (Lipinski definition) is 1. The first kappa shape index (κ1) is 21.6. The van der Waals surface area contributed by atoms with Gasteiger partial charge in [0.2, 0.25) is 11.7 Å². The van der Waals surface area contributed by atoms with Gasteiger partial charge in [-0.05, 0) is 20.8 Å². The molecule has 0 aromatic rings. The molecular weight excluding hydrogens is 324 g/mol. The zero-order chi connectivity index (χ0) is 19.4. The molecule has 7 nitrogen and oxygen atoms in total. The van der Waals surface area contributed by atoms with Crippen LogP contribution in [0.5, 0.6) is 0 Å². The Balaban J connectivity index is 2.44. The van der Waals surface area contributed by atoms with Crippen LogP contribution in [-0.2, 0) is 23.9 Å². The highest BCUT2D eigenvalue weighted by Crippen LogP contribution is 2.19. The van der Waals surface area contributed by atoms with E-state index in [0.717, 1.165) is 0 Å². The normalized spacial score (nSPS) is 18.0. The highest BCUT2D eigenvalue weighted by Gasteiger charge is 2.33. The van der Waals surface area contributed by atoms with Crippen molar-refractivity contribution in [2.45, 2.75) is 72.1 Å². The summed E-state index contributed by atoms with van der Waals surface area (Å²) in [6, 6.07) is -0.708. The van der Waals surface area contributed by atoms with Gasteiger partial charge in [-0.15, -0.1) is 0 Å². The Labute approximate surface area is 150 Å². The molecule has 1 atom stereocenters. The van der Waals surface area contributed by atoms with E-state index in [9.17, 15) is 14.4 Å². The van der Waals surface area contributed by atoms with Crippen molar-refractivity contribution >= 4 is 17.7 Å². The summed E-state index contributed by atoms with van der Waals surface area (Å²) in [7, 11) is 0. The molecule has 1 aliphatic rings. The summed E-state index contributed by atoms with van der Waals surface area (Å²) in [5.41, 5.74) is 4.81. The van der Waals surface area contributed by atoms with Crippen LogP contribution >= 0.6 is 0 Å². The number of esters is 1. The second-order valence-electron chi connectivity index (χ2n) is 8.54. The third-order valence-corrected chi connectivity index (χ3v) is 3.91. The van der Waals surface area contributed by atoms with Gasteiger partial charge in [0.15, 0.2) is 0 Å². The number of Topliss-reactive ketones (excluding diaryl/α,β-unsaturated/α-hetero) is 1. The molecule has 7 heteroatoms. The number of amides is 1. The van der Waals surface area contributed by atoms with E-state index in [-0.39, 0.29) is 24.2 Å². The van der Waals surface area contributed by atoms with Crippen molar-refractivity contribution in [3.05, 3.63) is 0 Å². The van der Waals surface area contributed by atoms with Gasteiger partial charge in [-0.3, -0.25) is 9.59 Å². The third-order valence-electron chi connectivity index (χ3n) is 3.91. The Morgan fingerprint density at radius 3 is 2.04 bits per heavy atom. The topological polar surface area (TPSA) is 98.9 Å². The van der Waals surface area contributed by atoms with Crippen molar-refractivity contribution in [2.75, 3.05) is 19.7 Å². The summed E-state index contributed by atoms with van der Waals surface area (Å²) in [5.74, 6) is -1.50. The molecule has 0 spiro atoms. The maximum absolute atomic E-state index is 12.3. The van der Waals surface area contributed by atoms with Crippen molar-refractivity contribution in [1.29, 1.82) is 0 Å². The maximum Gasteiger partial charge on any atom is 0.375 e. The molecule has 1 fully saturated rings. The van der Waals surface area contributed by atoms with Crippen molar-refractivity contribution in [3.8, 4) is 0 Å². The molecule has 1 aliphatic heterocycles. The van der Waals surface area contributed by atoms with Crippen molar-refractivity contribution in [1.82, 2.24) is 4.90 Å². The largest absolute Gasteiger partial charge is 0.456 e. The lowest BCUT2D eigenvalue weighted by atomic mass is 9.91. The second kappa shape index (κ2) is 8.27. The minimum Gasteiger partial charge on any atom is -0.456 e. The fraction of sp³-hybridized carbons (Fsp3) is 0.833. The van der Waals surface area contributed by atoms with Crippen LogP contribution in [0.1, 0.15) is 54.4 Å². The van der Waals surface area contributed by atoms with Crippen LogP contribution in [0.3, 0.4) is 0 Å². The predicted molar refractivity (Wildman–Crippen MR) is 93.8 cm³/mol. The summed E-state index contributed by atoms with van der Waals surface area (Å²) in [4.78, 5) is 37.8. The monoisotopic (exact) mass is 356 g/mol. The van der Waals surface area contributed by atoms with E-state index < -0.39 is 23.2 Å². The number of rotatable bonds is 5. The number of piperidine rings is 1. The molecule has 144 valence electrons. The molecule has 0 radical (unpaired) electrons. The fourth-order valence-corrected chi connectivity index (χ4v) is 2.35. The summed E-state index contributed by atoms with van der Waals surface area (Å²) >= 11 is 0. The van der Waals surface area contributed by atoms with Gasteiger partial charge in [-0.25, -0.2) is 4.79 Å². The third kappa shape index (κ3) is 7.12. The number of carbonyl (C=O) groups is 3. The highest BCUT2D eigenvalue weighted by molar-refractivity contribution is 6.35. The van der Waals surface area contributed by atoms with E-state index in [1.54, 1.807) is 25.7 Å². The summed E-state index contributed by atoms with van der Waals surface area (Å²) < 4.78 is 10.8. The number of hydrogen-bond acceptors (Lipinski definition) is 6. The SMILES string of the molecule is CC(C)(C)OC[C@H](N)C(=O)N1CCC(OC(=O)C(=O)C(C)(C)C)CC1. The molecule has 0 aromatic heterocycles. The van der Waals surface area contributed by atoms with Gasteiger partial charge in [0, 0.05) is 31.3 Å². The van der Waals surface area contributed by atoms with Gasteiger partial charge in [-0.1, -0.05) is 20.8 Å². The summed E-state index contributed by atoms with van der Waals surface area (Å²) in [6.45, 7) is 11.8. The lowest BCUT2D eigenvalue weighted by Crippen LogP contribution is -2.51. The molecule has 0 saturated carbocycles. The molecule has 2 N–H and O–H groups in total. The Hall–Kier alpha value is -1.47. The minimum absolute atomic E-state index is 0.164. The molecule has 1 saturated heterocycles. The average Bonchev–Trinajstić information content (AvgIpc) is 2.50. The molecule has 0 aromatic carbocycles. The number of nitrogens with two attached hydrogens (primary N) is 1. The van der Waals surface area contributed by atoms with Crippen molar-refractivity contribution < 1.29 is 23.9 Å². The lowest BCUT2D eigenvalue weighted by Gasteiger charge is -2.33. The molecule has 0 bridgehead atoms. The van der Waals surface area contributed by atoms with Crippen LogP contribution in [0, 0.1) is 5.41 Å². The standard InChI is InChI=1S/C18H32N2O5/c1-17(2,3)14(21)16(23)25-12-7-9-20(10-8-12)15(22)13(19)11-24-18(4,5)6/h12-13H,7-11,19H2,1-6H3/t13-/m0/s1. The second-order valence-corrected chi connectivity index (χ2v) is 8.54. The fourth-order valence-electron chi connectivity index (χ4n) is 2.35. The number of ether oxygens (including phenoxy) is 2. The molecule has 1 heterocycles. The van der Waals surface area contributed by atoms with Crippen molar-refractivity contribution in [2.24, 2.45) is 11.1 Å². The zero-order valence-corrected chi connectivity index (χ0v) is 16.3. The van der Waals surface area contributed by atoms with Crippen molar-refractivity contribution in [3.63, 3.8) is 0 Å². The highest BCUT2D eigenvalue weighted by atomic mass is 16.5. The Kier molecular flexibility index (Phi) is 7.14. The Bertz CT molecular complexity index is 497. The number of carbonyl (C=O) groups excluding carboxylic acids is 3. The van der Waals surface area contributed by atoms with E-state index in [0.29, 0.717) is 25.9 Å². The van der Waals surface area contributed by atoms with E-state index in [4.69, 9.17) is 15.2 Å². The number of nitrogens with zero attached hydrogens (tertiary/aromatic N) is 1. The van der Waals surface area contributed by atoms with Gasteiger partial charge >= 0.3 is 5.97 Å². The summed E-state index contributed by atoms with van der Waals surface area (Å²) in [5, 5.41) is 0. The summed E-state index contributed by atoms with van der Waals surface area (Å²) in [6.07, 6.45) is 0.661. The average molecular weight is 356 g/mol. The van der Waals surface area contributed by atoms with E-state index in [1.807, 2.05) is 20.8 Å². The number of likely N-dealkylation sites (tertiary alicyclic amines) is 1. The van der Waals surface area contributed by atoms with Crippen LogP contribution in [0.25, 0.3) is 0 Å². The van der Waals surface area contributed by atoms with Crippen LogP contribution in [0.2, 0.25) is 0 Å². The lowest BCUT2D eigenvalue weighted by molar-refractivity contribution is -0.163. The minimum atomic E-state index is -0.799. The molecule has 0 aliphatic carbocycles. The van der Waals surface area contributed by atoms with Crippen LogP contribution in [0.15, 0.2) is 0 Å². The van der Waals surface area contributed by atoms with E-state index in [2.05, 4.69) is 0 Å². The Morgan fingerprint density at radius 2 is 1.60 bits per heavy atom. The molecular formula is C18H32N2O5. The molecule has 25 heavy (non-hydrogen) atoms. The van der Waals surface area contributed by atoms with Crippen LogP contribution in [-0.4, -0.2) is 60.0 Å². The zero-order valence-electron chi connectivity index (χ0n) is 16.3. The smallest absolute Gasteiger partial charge is 0.375 e. The van der Waals surface area contributed by atoms with Gasteiger partial charge in [-0.2, -0.15) is 0 Å². The Morgan fingerprint density at radius 1 is 1.08 bits per heavy atom. The van der Waals surface area contributed by atoms with E-state index in [1.165, 1.54) is 0 Å². The number of ketones is 1. The molecule has 1 amide bonds. The van der Waals surface area contributed by atoms with E-state index >= 15 is 0 Å². The van der Waals surface area contributed by atoms with Gasteiger partial charge in [0.25, 0.3) is 0 Å². The van der Waals surface area contributed by atoms with Crippen LogP contribution < -0.4 is 5.73 Å². The predicted octanol–water partition coefficient (Wildman–Crippen LogP) is 1.28. The van der Waals surface area contributed by atoms with Gasteiger partial charge in [0.05, 0.1) is 12.2 Å². The first-order valence-corrected chi connectivity index (χ1v) is 8.75. The molecule has 0 unspecified atom stereocenters. The van der Waals surface area contributed by atoms with Gasteiger partial charge in [0.1, 0.15) is 12.1 Å². The quantitative estimate of drug-likeness (QED) is 0.588.